The van der Waals surface area contributed by atoms with Gasteiger partial charge in [0.05, 0.1) is 11.1 Å². The number of hydrogen-bond donors (Lipinski definition) is 1. The van der Waals surface area contributed by atoms with E-state index in [0.717, 1.165) is 48.3 Å². The van der Waals surface area contributed by atoms with Crippen LogP contribution in [0.5, 0.6) is 0 Å². The molecule has 0 aliphatic rings. The zero-order valence-electron chi connectivity index (χ0n) is 17.5. The van der Waals surface area contributed by atoms with Crippen LogP contribution in [-0.2, 0) is 0 Å². The molecule has 0 fully saturated rings. The second kappa shape index (κ2) is 11.1. The molecule has 1 amide bonds. The lowest BCUT2D eigenvalue weighted by atomic mass is 10.1. The van der Waals surface area contributed by atoms with Gasteiger partial charge in [-0.05, 0) is 62.3 Å². The van der Waals surface area contributed by atoms with Gasteiger partial charge in [0.25, 0.3) is 5.91 Å². The summed E-state index contributed by atoms with van der Waals surface area (Å²) in [7, 11) is 0. The van der Waals surface area contributed by atoms with Gasteiger partial charge in [-0.15, -0.1) is 0 Å². The third kappa shape index (κ3) is 6.03. The highest BCUT2D eigenvalue weighted by atomic mass is 32.2. The van der Waals surface area contributed by atoms with Crippen molar-refractivity contribution in [2.24, 2.45) is 0 Å². The average Bonchev–Trinajstić information content (AvgIpc) is 2.75. The first-order valence-electron chi connectivity index (χ1n) is 10.4. The maximum Gasteiger partial charge on any atom is 0.252 e. The summed E-state index contributed by atoms with van der Waals surface area (Å²) < 4.78 is 13.2. The Labute approximate surface area is 181 Å². The molecule has 1 N–H and O–H groups in total. The number of carbonyl (C=O) groups excluding carboxylic acids is 1. The molecule has 0 atom stereocenters. The topological polar surface area (TPSA) is 45.2 Å². The number of pyridine rings is 1. The average molecular weight is 426 g/mol. The lowest BCUT2D eigenvalue weighted by Crippen LogP contribution is -2.35. The molecule has 4 nitrogen and oxygen atoms in total. The normalized spacial score (nSPS) is 11.2. The minimum absolute atomic E-state index is 0.0949. The van der Waals surface area contributed by atoms with Crippen LogP contribution in [0.1, 0.15) is 37.0 Å². The van der Waals surface area contributed by atoms with Crippen LogP contribution in [0.3, 0.4) is 0 Å². The Morgan fingerprint density at radius 2 is 1.73 bits per heavy atom. The van der Waals surface area contributed by atoms with Crippen molar-refractivity contribution in [3.05, 3.63) is 66.0 Å². The van der Waals surface area contributed by atoms with E-state index in [2.05, 4.69) is 29.0 Å². The highest BCUT2D eigenvalue weighted by Crippen LogP contribution is 2.29. The number of fused-ring (bicyclic) bond motifs is 1. The zero-order chi connectivity index (χ0) is 21.3. The van der Waals surface area contributed by atoms with Crippen LogP contribution < -0.4 is 5.32 Å². The maximum atomic E-state index is 13.2. The summed E-state index contributed by atoms with van der Waals surface area (Å²) in [6.07, 6.45) is 2.21. The minimum atomic E-state index is -0.272. The van der Waals surface area contributed by atoms with Crippen LogP contribution in [0, 0.1) is 5.82 Å². The molecule has 0 saturated carbocycles. The Balaban J connectivity index is 1.77. The Bertz CT molecular complexity index is 972. The molecule has 0 aliphatic heterocycles. The van der Waals surface area contributed by atoms with Crippen molar-refractivity contribution in [1.29, 1.82) is 0 Å². The molecule has 0 radical (unpaired) electrons. The number of para-hydroxylation sites is 1. The van der Waals surface area contributed by atoms with Gasteiger partial charge in [0, 0.05) is 23.4 Å². The molecule has 1 aromatic heterocycles. The molecule has 158 valence electrons. The fraction of sp³-hybridized carbons (Fsp3) is 0.333. The monoisotopic (exact) mass is 425 g/mol. The minimum Gasteiger partial charge on any atom is -0.351 e. The number of nitrogens with one attached hydrogen (secondary N) is 1. The van der Waals surface area contributed by atoms with Gasteiger partial charge in [-0.25, -0.2) is 9.37 Å². The first-order chi connectivity index (χ1) is 14.6. The molecule has 30 heavy (non-hydrogen) atoms. The van der Waals surface area contributed by atoms with Crippen LogP contribution in [-0.4, -0.2) is 42.0 Å². The van der Waals surface area contributed by atoms with Gasteiger partial charge in [-0.2, -0.15) is 0 Å². The predicted molar refractivity (Wildman–Crippen MR) is 122 cm³/mol. The summed E-state index contributed by atoms with van der Waals surface area (Å²) in [6.45, 7) is 7.87. The predicted octanol–water partition coefficient (Wildman–Crippen LogP) is 5.38. The number of amides is 1. The van der Waals surface area contributed by atoms with Crippen molar-refractivity contribution in [2.45, 2.75) is 36.6 Å². The van der Waals surface area contributed by atoms with Gasteiger partial charge < -0.3 is 10.2 Å². The first kappa shape index (κ1) is 22.2. The lowest BCUT2D eigenvalue weighted by Gasteiger charge is -2.21. The fourth-order valence-corrected chi connectivity index (χ4v) is 4.24. The van der Waals surface area contributed by atoms with Gasteiger partial charge in [-0.1, -0.05) is 43.8 Å². The van der Waals surface area contributed by atoms with E-state index in [1.807, 2.05) is 30.3 Å². The molecule has 3 rings (SSSR count). The number of nitrogens with zero attached hydrogens (tertiary/aromatic N) is 2. The van der Waals surface area contributed by atoms with Crippen LogP contribution in [0.25, 0.3) is 10.9 Å². The molecule has 0 unspecified atom stereocenters. The van der Waals surface area contributed by atoms with E-state index in [4.69, 9.17) is 0 Å². The van der Waals surface area contributed by atoms with Crippen LogP contribution in [0.2, 0.25) is 0 Å². The Kier molecular flexibility index (Phi) is 8.22. The van der Waals surface area contributed by atoms with E-state index < -0.39 is 0 Å². The SMILES string of the molecule is CCCN(CCC)CCNC(=O)c1cc(Sc2ccc(F)cc2)nc2ccccc12. The van der Waals surface area contributed by atoms with Crippen molar-refractivity contribution >= 4 is 28.6 Å². The molecule has 0 saturated heterocycles. The second-order valence-electron chi connectivity index (χ2n) is 7.18. The standard InChI is InChI=1S/C24H28FN3OS/c1-3-14-28(15-4-2)16-13-26-24(29)21-17-23(27-22-8-6-5-7-20(21)22)30-19-11-9-18(25)10-12-19/h5-12,17H,3-4,13-16H2,1-2H3,(H,26,29). The fourth-order valence-electron chi connectivity index (χ4n) is 3.41. The van der Waals surface area contributed by atoms with E-state index in [9.17, 15) is 9.18 Å². The van der Waals surface area contributed by atoms with Gasteiger partial charge in [0.15, 0.2) is 0 Å². The van der Waals surface area contributed by atoms with Gasteiger partial charge in [-0.3, -0.25) is 4.79 Å². The second-order valence-corrected chi connectivity index (χ2v) is 8.27. The van der Waals surface area contributed by atoms with Gasteiger partial charge in [0.1, 0.15) is 10.8 Å². The highest BCUT2D eigenvalue weighted by molar-refractivity contribution is 7.99. The van der Waals surface area contributed by atoms with Crippen LogP contribution in [0.4, 0.5) is 4.39 Å². The quantitative estimate of drug-likeness (QED) is 0.474. The number of hydrogen-bond acceptors (Lipinski definition) is 4. The molecule has 0 aliphatic carbocycles. The van der Waals surface area contributed by atoms with E-state index in [0.29, 0.717) is 17.1 Å². The molecule has 0 spiro atoms. The van der Waals surface area contributed by atoms with E-state index >= 15 is 0 Å². The Hall–Kier alpha value is -2.44. The third-order valence-electron chi connectivity index (χ3n) is 4.77. The number of halogens is 1. The first-order valence-corrected chi connectivity index (χ1v) is 11.3. The Morgan fingerprint density at radius 1 is 1.03 bits per heavy atom. The van der Waals surface area contributed by atoms with E-state index in [1.165, 1.54) is 23.9 Å². The Morgan fingerprint density at radius 3 is 2.43 bits per heavy atom. The summed E-state index contributed by atoms with van der Waals surface area (Å²) in [6, 6.07) is 15.8. The van der Waals surface area contributed by atoms with E-state index in [1.54, 1.807) is 12.1 Å². The number of carbonyl (C=O) groups is 1. The number of aromatic nitrogens is 1. The molecule has 0 bridgehead atoms. The largest absolute Gasteiger partial charge is 0.351 e. The summed E-state index contributed by atoms with van der Waals surface area (Å²) >= 11 is 1.42. The zero-order valence-corrected chi connectivity index (χ0v) is 18.3. The smallest absolute Gasteiger partial charge is 0.252 e. The van der Waals surface area contributed by atoms with Crippen molar-refractivity contribution in [3.8, 4) is 0 Å². The molecule has 1 heterocycles. The molecular weight excluding hydrogens is 397 g/mol. The number of rotatable bonds is 10. The molecular formula is C24H28FN3OS. The highest BCUT2D eigenvalue weighted by Gasteiger charge is 2.14. The molecule has 2 aromatic carbocycles. The molecule has 3 aromatic rings. The van der Waals surface area contributed by atoms with Crippen LogP contribution in [0.15, 0.2) is 64.5 Å². The summed E-state index contributed by atoms with van der Waals surface area (Å²) in [5.74, 6) is -0.367. The van der Waals surface area contributed by atoms with Crippen molar-refractivity contribution in [1.82, 2.24) is 15.2 Å². The summed E-state index contributed by atoms with van der Waals surface area (Å²) in [5.41, 5.74) is 1.39. The van der Waals surface area contributed by atoms with E-state index in [-0.39, 0.29) is 11.7 Å². The van der Waals surface area contributed by atoms with Crippen molar-refractivity contribution < 1.29 is 9.18 Å². The van der Waals surface area contributed by atoms with Gasteiger partial charge in [0.2, 0.25) is 0 Å². The summed E-state index contributed by atoms with van der Waals surface area (Å²) in [4.78, 5) is 20.9. The maximum absolute atomic E-state index is 13.2. The number of benzene rings is 2. The third-order valence-corrected chi connectivity index (χ3v) is 5.69. The summed E-state index contributed by atoms with van der Waals surface area (Å²) in [5, 5.41) is 4.61. The van der Waals surface area contributed by atoms with Crippen LogP contribution >= 0.6 is 11.8 Å². The molecule has 6 heteroatoms. The van der Waals surface area contributed by atoms with Gasteiger partial charge >= 0.3 is 0 Å². The lowest BCUT2D eigenvalue weighted by molar-refractivity contribution is 0.0949. The van der Waals surface area contributed by atoms with Crippen molar-refractivity contribution in [3.63, 3.8) is 0 Å². The van der Waals surface area contributed by atoms with Crippen molar-refractivity contribution in [2.75, 3.05) is 26.2 Å².